The molecule has 0 spiro atoms. The Hall–Kier alpha value is -1.26. The van der Waals surface area contributed by atoms with E-state index >= 15 is 0 Å². The summed E-state index contributed by atoms with van der Waals surface area (Å²) in [7, 11) is 5.26. The van der Waals surface area contributed by atoms with Gasteiger partial charge in [-0.15, -0.1) is 0 Å². The Bertz CT molecular complexity index is 366. The predicted molar refractivity (Wildman–Crippen MR) is 62.2 cm³/mol. The Morgan fingerprint density at radius 2 is 2.07 bits per heavy atom. The van der Waals surface area contributed by atoms with Crippen molar-refractivity contribution >= 4 is 23.2 Å². The fourth-order valence-electron chi connectivity index (χ4n) is 1.18. The topological polar surface area (TPSA) is 44.4 Å². The molecule has 0 aliphatic carbocycles. The second kappa shape index (κ2) is 5.00. The molecule has 2 N–H and O–H groups in total. The monoisotopic (exact) mass is 227 g/mol. The lowest BCUT2D eigenvalue weighted by Crippen LogP contribution is -2.36. The van der Waals surface area contributed by atoms with Crippen LogP contribution in [0.2, 0.25) is 5.02 Å². The van der Waals surface area contributed by atoms with E-state index in [-0.39, 0.29) is 5.91 Å². The SMILES string of the molecule is CNc1cc(Cl)ccc1C(=O)NN(C)C. The molecular weight excluding hydrogens is 214 g/mol. The van der Waals surface area contributed by atoms with Gasteiger partial charge in [0.2, 0.25) is 0 Å². The van der Waals surface area contributed by atoms with E-state index in [9.17, 15) is 4.79 Å². The third kappa shape index (κ3) is 3.11. The summed E-state index contributed by atoms with van der Waals surface area (Å²) in [5.74, 6) is -0.166. The molecule has 0 aliphatic rings. The Balaban J connectivity index is 2.97. The Morgan fingerprint density at radius 1 is 1.40 bits per heavy atom. The van der Waals surface area contributed by atoms with E-state index in [0.717, 1.165) is 0 Å². The van der Waals surface area contributed by atoms with Gasteiger partial charge < -0.3 is 5.32 Å². The van der Waals surface area contributed by atoms with E-state index in [1.54, 1.807) is 44.4 Å². The number of carbonyl (C=O) groups excluding carboxylic acids is 1. The van der Waals surface area contributed by atoms with Crippen LogP contribution in [0.25, 0.3) is 0 Å². The number of hydrazine groups is 1. The lowest BCUT2D eigenvalue weighted by atomic mass is 10.1. The summed E-state index contributed by atoms with van der Waals surface area (Å²) < 4.78 is 0. The van der Waals surface area contributed by atoms with Crippen LogP contribution in [0.5, 0.6) is 0 Å². The summed E-state index contributed by atoms with van der Waals surface area (Å²) in [6.45, 7) is 0. The fraction of sp³-hybridized carbons (Fsp3) is 0.300. The third-order valence-electron chi connectivity index (χ3n) is 1.82. The van der Waals surface area contributed by atoms with Gasteiger partial charge in [0.25, 0.3) is 5.91 Å². The van der Waals surface area contributed by atoms with Gasteiger partial charge in [-0.25, -0.2) is 5.01 Å². The van der Waals surface area contributed by atoms with E-state index in [2.05, 4.69) is 10.7 Å². The van der Waals surface area contributed by atoms with Gasteiger partial charge in [-0.05, 0) is 18.2 Å². The molecule has 15 heavy (non-hydrogen) atoms. The van der Waals surface area contributed by atoms with Crippen molar-refractivity contribution in [3.8, 4) is 0 Å². The minimum atomic E-state index is -0.166. The first-order valence-corrected chi connectivity index (χ1v) is 4.88. The summed E-state index contributed by atoms with van der Waals surface area (Å²) in [5.41, 5.74) is 3.94. The van der Waals surface area contributed by atoms with E-state index in [0.29, 0.717) is 16.3 Å². The zero-order valence-corrected chi connectivity index (χ0v) is 9.72. The van der Waals surface area contributed by atoms with E-state index in [1.165, 1.54) is 0 Å². The Morgan fingerprint density at radius 3 is 2.60 bits per heavy atom. The highest BCUT2D eigenvalue weighted by Gasteiger charge is 2.11. The van der Waals surface area contributed by atoms with Crippen molar-refractivity contribution in [1.82, 2.24) is 10.4 Å². The molecule has 0 radical (unpaired) electrons. The predicted octanol–water partition coefficient (Wildman–Crippen LogP) is 1.59. The maximum atomic E-state index is 11.7. The lowest BCUT2D eigenvalue weighted by molar-refractivity contribution is 0.0858. The maximum absolute atomic E-state index is 11.7. The molecule has 5 heteroatoms. The number of nitrogens with zero attached hydrogens (tertiary/aromatic N) is 1. The molecule has 1 aromatic rings. The highest BCUT2D eigenvalue weighted by molar-refractivity contribution is 6.31. The second-order valence-electron chi connectivity index (χ2n) is 3.28. The van der Waals surface area contributed by atoms with Crippen molar-refractivity contribution in [1.29, 1.82) is 0 Å². The molecule has 0 saturated heterocycles. The van der Waals surface area contributed by atoms with Gasteiger partial charge in [-0.1, -0.05) is 11.6 Å². The molecule has 1 aromatic carbocycles. The Kier molecular flexibility index (Phi) is 3.94. The number of benzene rings is 1. The quantitative estimate of drug-likeness (QED) is 0.771. The van der Waals surface area contributed by atoms with Crippen molar-refractivity contribution in [2.24, 2.45) is 0 Å². The van der Waals surface area contributed by atoms with Crippen molar-refractivity contribution in [3.05, 3.63) is 28.8 Å². The second-order valence-corrected chi connectivity index (χ2v) is 3.71. The number of halogens is 1. The minimum Gasteiger partial charge on any atom is -0.387 e. The molecule has 4 nitrogen and oxygen atoms in total. The average molecular weight is 228 g/mol. The summed E-state index contributed by atoms with van der Waals surface area (Å²) in [5, 5.41) is 5.12. The van der Waals surface area contributed by atoms with E-state index < -0.39 is 0 Å². The molecule has 0 aliphatic heterocycles. The standard InChI is InChI=1S/C10H14ClN3O/c1-12-9-6-7(11)4-5-8(9)10(15)13-14(2)3/h4-6,12H,1-3H3,(H,13,15). The van der Waals surface area contributed by atoms with E-state index in [1.807, 2.05) is 0 Å². The van der Waals surface area contributed by atoms with Crippen LogP contribution in [0.15, 0.2) is 18.2 Å². The van der Waals surface area contributed by atoms with Crippen LogP contribution in [0, 0.1) is 0 Å². The van der Waals surface area contributed by atoms with Crippen LogP contribution in [-0.4, -0.2) is 32.1 Å². The molecule has 0 bridgehead atoms. The van der Waals surface area contributed by atoms with Gasteiger partial charge in [0, 0.05) is 31.9 Å². The zero-order chi connectivity index (χ0) is 11.4. The molecule has 0 atom stereocenters. The number of carbonyl (C=O) groups is 1. The molecule has 0 saturated carbocycles. The summed E-state index contributed by atoms with van der Waals surface area (Å²) in [6.07, 6.45) is 0. The summed E-state index contributed by atoms with van der Waals surface area (Å²) >= 11 is 5.82. The van der Waals surface area contributed by atoms with Crippen molar-refractivity contribution in [3.63, 3.8) is 0 Å². The van der Waals surface area contributed by atoms with Gasteiger partial charge in [0.15, 0.2) is 0 Å². The van der Waals surface area contributed by atoms with Crippen LogP contribution >= 0.6 is 11.6 Å². The molecule has 0 heterocycles. The molecule has 1 rings (SSSR count). The van der Waals surface area contributed by atoms with Crippen LogP contribution in [0.3, 0.4) is 0 Å². The van der Waals surface area contributed by atoms with Gasteiger partial charge in [-0.2, -0.15) is 0 Å². The highest BCUT2D eigenvalue weighted by atomic mass is 35.5. The minimum absolute atomic E-state index is 0.166. The van der Waals surface area contributed by atoms with Crippen molar-refractivity contribution < 1.29 is 4.79 Å². The smallest absolute Gasteiger partial charge is 0.267 e. The normalized spacial score (nSPS) is 10.2. The molecular formula is C10H14ClN3O. The van der Waals surface area contributed by atoms with Crippen LogP contribution in [0.4, 0.5) is 5.69 Å². The number of rotatable bonds is 3. The lowest BCUT2D eigenvalue weighted by Gasteiger charge is -2.14. The zero-order valence-electron chi connectivity index (χ0n) is 8.97. The van der Waals surface area contributed by atoms with Crippen molar-refractivity contribution in [2.45, 2.75) is 0 Å². The first kappa shape index (κ1) is 11.8. The fourth-order valence-corrected chi connectivity index (χ4v) is 1.36. The molecule has 0 fully saturated rings. The van der Waals surface area contributed by atoms with Gasteiger partial charge >= 0.3 is 0 Å². The van der Waals surface area contributed by atoms with Gasteiger partial charge in [0.05, 0.1) is 5.56 Å². The summed E-state index contributed by atoms with van der Waals surface area (Å²) in [6, 6.07) is 5.09. The highest BCUT2D eigenvalue weighted by Crippen LogP contribution is 2.20. The molecule has 0 unspecified atom stereocenters. The van der Waals surface area contributed by atoms with Gasteiger partial charge in [0.1, 0.15) is 0 Å². The average Bonchev–Trinajstić information content (AvgIpc) is 2.16. The first-order chi connectivity index (χ1) is 7.04. The van der Waals surface area contributed by atoms with Crippen LogP contribution in [-0.2, 0) is 0 Å². The van der Waals surface area contributed by atoms with Crippen LogP contribution in [0.1, 0.15) is 10.4 Å². The number of anilines is 1. The van der Waals surface area contributed by atoms with Crippen molar-refractivity contribution in [2.75, 3.05) is 26.5 Å². The Labute approximate surface area is 94.2 Å². The molecule has 1 amide bonds. The number of nitrogens with one attached hydrogen (secondary N) is 2. The number of hydrogen-bond acceptors (Lipinski definition) is 3. The first-order valence-electron chi connectivity index (χ1n) is 4.50. The largest absolute Gasteiger partial charge is 0.387 e. The number of amides is 1. The molecule has 82 valence electrons. The van der Waals surface area contributed by atoms with Gasteiger partial charge in [-0.3, -0.25) is 10.2 Å². The third-order valence-corrected chi connectivity index (χ3v) is 2.06. The van der Waals surface area contributed by atoms with E-state index in [4.69, 9.17) is 11.6 Å². The summed E-state index contributed by atoms with van der Waals surface area (Å²) in [4.78, 5) is 11.7. The number of hydrogen-bond donors (Lipinski definition) is 2. The maximum Gasteiger partial charge on any atom is 0.267 e. The van der Waals surface area contributed by atoms with Crippen LogP contribution < -0.4 is 10.7 Å². The molecule has 0 aromatic heterocycles.